The Balaban J connectivity index is 1.62. The fraction of sp³-hybridized carbons (Fsp3) is 0.160. The molecule has 0 bridgehead atoms. The SMILES string of the molecule is Cc1cc(Nc2nc3cccc(-c4ccc(CC(N)=O)cc4)c3o2)ccc1C(=O)N(C)C. The number of aromatic nitrogens is 1. The third kappa shape index (κ3) is 4.32. The summed E-state index contributed by atoms with van der Waals surface area (Å²) in [6, 6.07) is 19.3. The molecule has 0 aliphatic rings. The van der Waals surface area contributed by atoms with Crippen molar-refractivity contribution in [1.29, 1.82) is 0 Å². The number of fused-ring (bicyclic) bond motifs is 1. The van der Waals surface area contributed by atoms with Crippen LogP contribution in [0.4, 0.5) is 11.7 Å². The number of oxazole rings is 1. The molecule has 162 valence electrons. The zero-order valence-electron chi connectivity index (χ0n) is 18.2. The Hall–Kier alpha value is -4.13. The Bertz CT molecular complexity index is 1310. The minimum absolute atomic E-state index is 0.0394. The van der Waals surface area contributed by atoms with Gasteiger partial charge in [0.15, 0.2) is 5.58 Å². The smallest absolute Gasteiger partial charge is 0.300 e. The van der Waals surface area contributed by atoms with Gasteiger partial charge in [0.25, 0.3) is 11.9 Å². The van der Waals surface area contributed by atoms with E-state index >= 15 is 0 Å². The van der Waals surface area contributed by atoms with Gasteiger partial charge in [-0.15, -0.1) is 0 Å². The van der Waals surface area contributed by atoms with Crippen LogP contribution < -0.4 is 11.1 Å². The molecule has 0 atom stereocenters. The van der Waals surface area contributed by atoms with Crippen LogP contribution in [0.1, 0.15) is 21.5 Å². The number of rotatable bonds is 6. The van der Waals surface area contributed by atoms with E-state index in [1.807, 2.05) is 61.5 Å². The van der Waals surface area contributed by atoms with Crippen molar-refractivity contribution in [2.24, 2.45) is 5.73 Å². The normalized spacial score (nSPS) is 10.8. The highest BCUT2D eigenvalue weighted by Gasteiger charge is 2.14. The number of hydrogen-bond acceptors (Lipinski definition) is 5. The molecule has 1 heterocycles. The first kappa shape index (κ1) is 21.1. The van der Waals surface area contributed by atoms with Gasteiger partial charge in [-0.3, -0.25) is 9.59 Å². The number of aryl methyl sites for hydroxylation is 1. The molecule has 2 amide bonds. The van der Waals surface area contributed by atoms with E-state index in [-0.39, 0.29) is 18.2 Å². The number of carbonyl (C=O) groups excluding carboxylic acids is 2. The second kappa shape index (κ2) is 8.55. The minimum atomic E-state index is -0.361. The van der Waals surface area contributed by atoms with E-state index < -0.39 is 0 Å². The molecular weight excluding hydrogens is 404 g/mol. The summed E-state index contributed by atoms with van der Waals surface area (Å²) < 4.78 is 6.04. The third-order valence-electron chi connectivity index (χ3n) is 5.17. The number of para-hydroxylation sites is 1. The van der Waals surface area contributed by atoms with E-state index in [9.17, 15) is 9.59 Å². The number of amides is 2. The Morgan fingerprint density at radius 3 is 2.47 bits per heavy atom. The van der Waals surface area contributed by atoms with Gasteiger partial charge in [-0.05, 0) is 47.9 Å². The van der Waals surface area contributed by atoms with Crippen LogP contribution in [0.25, 0.3) is 22.2 Å². The van der Waals surface area contributed by atoms with Gasteiger partial charge < -0.3 is 20.4 Å². The molecule has 0 fully saturated rings. The monoisotopic (exact) mass is 428 g/mol. The molecule has 4 rings (SSSR count). The van der Waals surface area contributed by atoms with E-state index in [4.69, 9.17) is 10.2 Å². The number of primary amides is 1. The fourth-order valence-corrected chi connectivity index (χ4v) is 3.58. The summed E-state index contributed by atoms with van der Waals surface area (Å²) in [7, 11) is 3.46. The number of nitrogens with two attached hydrogens (primary N) is 1. The topological polar surface area (TPSA) is 101 Å². The first-order valence-electron chi connectivity index (χ1n) is 10.2. The lowest BCUT2D eigenvalue weighted by molar-refractivity contribution is -0.117. The van der Waals surface area contributed by atoms with Crippen LogP contribution in [0.2, 0.25) is 0 Å². The number of nitrogens with zero attached hydrogens (tertiary/aromatic N) is 2. The van der Waals surface area contributed by atoms with Crippen molar-refractivity contribution in [1.82, 2.24) is 9.88 Å². The largest absolute Gasteiger partial charge is 0.423 e. The Kier molecular flexibility index (Phi) is 5.64. The summed E-state index contributed by atoms with van der Waals surface area (Å²) in [5.74, 6) is -0.400. The number of benzene rings is 3. The molecule has 0 aliphatic carbocycles. The zero-order chi connectivity index (χ0) is 22.8. The third-order valence-corrected chi connectivity index (χ3v) is 5.17. The second-order valence-electron chi connectivity index (χ2n) is 7.87. The number of anilines is 2. The molecule has 0 saturated carbocycles. The van der Waals surface area contributed by atoms with Crippen LogP contribution in [0.3, 0.4) is 0 Å². The lowest BCUT2D eigenvalue weighted by Gasteiger charge is -2.13. The molecule has 32 heavy (non-hydrogen) atoms. The van der Waals surface area contributed by atoms with E-state index in [1.54, 1.807) is 25.1 Å². The van der Waals surface area contributed by atoms with Crippen LogP contribution in [0.5, 0.6) is 0 Å². The van der Waals surface area contributed by atoms with Crippen molar-refractivity contribution >= 4 is 34.6 Å². The van der Waals surface area contributed by atoms with Crippen LogP contribution in [-0.2, 0) is 11.2 Å². The molecule has 0 aliphatic heterocycles. The molecule has 3 aromatic carbocycles. The van der Waals surface area contributed by atoms with Crippen LogP contribution in [0, 0.1) is 6.92 Å². The minimum Gasteiger partial charge on any atom is -0.423 e. The van der Waals surface area contributed by atoms with Gasteiger partial charge in [0.2, 0.25) is 5.91 Å². The van der Waals surface area contributed by atoms with E-state index in [0.717, 1.165) is 33.5 Å². The summed E-state index contributed by atoms with van der Waals surface area (Å²) in [5, 5.41) is 3.18. The number of carbonyl (C=O) groups is 2. The van der Waals surface area contributed by atoms with Crippen molar-refractivity contribution in [3.05, 3.63) is 77.4 Å². The summed E-state index contributed by atoms with van der Waals surface area (Å²) in [4.78, 5) is 29.5. The average Bonchev–Trinajstić information content (AvgIpc) is 3.16. The van der Waals surface area contributed by atoms with Gasteiger partial charge >= 0.3 is 0 Å². The van der Waals surface area contributed by atoms with Crippen molar-refractivity contribution in [2.75, 3.05) is 19.4 Å². The Labute approximate surface area is 185 Å². The van der Waals surface area contributed by atoms with Gasteiger partial charge in [-0.2, -0.15) is 4.98 Å². The maximum absolute atomic E-state index is 12.2. The quantitative estimate of drug-likeness (QED) is 0.477. The molecule has 1 aromatic heterocycles. The zero-order valence-corrected chi connectivity index (χ0v) is 18.2. The number of hydrogen-bond donors (Lipinski definition) is 2. The molecular formula is C25H24N4O3. The average molecular weight is 428 g/mol. The maximum Gasteiger partial charge on any atom is 0.300 e. The standard InChI is InChI=1S/C25H24N4O3/c1-15-13-18(11-12-19(15)24(31)29(2)3)27-25-28-21-6-4-5-20(23(21)32-25)17-9-7-16(8-10-17)14-22(26)30/h4-13H,14H2,1-3H3,(H2,26,30)(H,27,28). The lowest BCUT2D eigenvalue weighted by atomic mass is 10.0. The highest BCUT2D eigenvalue weighted by Crippen LogP contribution is 2.32. The van der Waals surface area contributed by atoms with Crippen LogP contribution in [-0.4, -0.2) is 35.8 Å². The van der Waals surface area contributed by atoms with Crippen molar-refractivity contribution in [2.45, 2.75) is 13.3 Å². The molecule has 0 saturated heterocycles. The van der Waals surface area contributed by atoms with E-state index in [1.165, 1.54) is 0 Å². The van der Waals surface area contributed by atoms with Gasteiger partial charge in [0, 0.05) is 30.9 Å². The summed E-state index contributed by atoms with van der Waals surface area (Å²) in [5.41, 5.74) is 11.7. The van der Waals surface area contributed by atoms with Crippen molar-refractivity contribution in [3.63, 3.8) is 0 Å². The second-order valence-corrected chi connectivity index (χ2v) is 7.87. The molecule has 0 unspecified atom stereocenters. The predicted octanol–water partition coefficient (Wildman–Crippen LogP) is 4.28. The van der Waals surface area contributed by atoms with Gasteiger partial charge in [-0.25, -0.2) is 0 Å². The number of nitrogens with one attached hydrogen (secondary N) is 1. The van der Waals surface area contributed by atoms with Crippen LogP contribution in [0.15, 0.2) is 65.1 Å². The van der Waals surface area contributed by atoms with Crippen molar-refractivity contribution < 1.29 is 14.0 Å². The molecule has 7 heteroatoms. The molecule has 7 nitrogen and oxygen atoms in total. The Morgan fingerprint density at radius 1 is 1.06 bits per heavy atom. The lowest BCUT2D eigenvalue weighted by Crippen LogP contribution is -2.22. The predicted molar refractivity (Wildman–Crippen MR) is 125 cm³/mol. The summed E-state index contributed by atoms with van der Waals surface area (Å²) in [6.45, 7) is 1.90. The first-order valence-corrected chi connectivity index (χ1v) is 10.2. The molecule has 3 N–H and O–H groups in total. The highest BCUT2D eigenvalue weighted by atomic mass is 16.4. The summed E-state index contributed by atoms with van der Waals surface area (Å²) >= 11 is 0. The van der Waals surface area contributed by atoms with Crippen molar-refractivity contribution in [3.8, 4) is 11.1 Å². The first-order chi connectivity index (χ1) is 15.3. The fourth-order valence-electron chi connectivity index (χ4n) is 3.58. The van der Waals surface area contributed by atoms with Gasteiger partial charge in [0.1, 0.15) is 5.52 Å². The Morgan fingerprint density at radius 2 is 1.81 bits per heavy atom. The molecule has 4 aromatic rings. The van der Waals surface area contributed by atoms with Crippen LogP contribution >= 0.6 is 0 Å². The molecule has 0 radical (unpaired) electrons. The molecule has 0 spiro atoms. The van der Waals surface area contributed by atoms with E-state index in [2.05, 4.69) is 10.3 Å². The van der Waals surface area contributed by atoms with E-state index in [0.29, 0.717) is 17.2 Å². The highest BCUT2D eigenvalue weighted by molar-refractivity contribution is 5.96. The van der Waals surface area contributed by atoms with Gasteiger partial charge in [-0.1, -0.05) is 36.4 Å². The van der Waals surface area contributed by atoms with Gasteiger partial charge in [0.05, 0.1) is 6.42 Å². The summed E-state index contributed by atoms with van der Waals surface area (Å²) in [6.07, 6.45) is 0.208. The maximum atomic E-state index is 12.2.